The average molecular weight is 307 g/mol. The van der Waals surface area contributed by atoms with Crippen molar-refractivity contribution in [1.29, 1.82) is 0 Å². The number of ether oxygens (including phenoxy) is 1. The Morgan fingerprint density at radius 1 is 1.23 bits per heavy atom. The molecule has 22 heavy (non-hydrogen) atoms. The van der Waals surface area contributed by atoms with Gasteiger partial charge in [0.15, 0.2) is 0 Å². The Morgan fingerprint density at radius 3 is 2.50 bits per heavy atom. The fourth-order valence-corrected chi connectivity index (χ4v) is 2.92. The molecule has 0 unspecified atom stereocenters. The highest BCUT2D eigenvalue weighted by Gasteiger charge is 2.23. The number of aliphatic hydroxyl groups is 1. The molecule has 1 aromatic carbocycles. The Labute approximate surface area is 136 Å². The third-order valence-electron chi connectivity index (χ3n) is 4.15. The van der Waals surface area contributed by atoms with E-state index in [-0.39, 0.29) is 5.60 Å². The fraction of sp³-hybridized carbons (Fsp3) is 0.684. The summed E-state index contributed by atoms with van der Waals surface area (Å²) >= 11 is 0. The summed E-state index contributed by atoms with van der Waals surface area (Å²) in [7, 11) is 1.90. The van der Waals surface area contributed by atoms with Crippen molar-refractivity contribution in [3.8, 4) is 0 Å². The van der Waals surface area contributed by atoms with Gasteiger partial charge in [-0.2, -0.15) is 0 Å². The van der Waals surface area contributed by atoms with Gasteiger partial charge in [0.25, 0.3) is 0 Å². The van der Waals surface area contributed by atoms with Gasteiger partial charge in [0.1, 0.15) is 0 Å². The van der Waals surface area contributed by atoms with Crippen molar-refractivity contribution in [3.05, 3.63) is 35.4 Å². The highest BCUT2D eigenvalue weighted by Crippen LogP contribution is 2.26. The zero-order valence-corrected chi connectivity index (χ0v) is 14.7. The van der Waals surface area contributed by atoms with Crippen LogP contribution in [0.25, 0.3) is 0 Å². The van der Waals surface area contributed by atoms with Crippen LogP contribution in [-0.4, -0.2) is 24.3 Å². The lowest BCUT2D eigenvalue weighted by Crippen LogP contribution is -2.28. The van der Waals surface area contributed by atoms with Gasteiger partial charge in [0.05, 0.1) is 18.3 Å². The number of hydrogen-bond acceptors (Lipinski definition) is 3. The minimum Gasteiger partial charge on any atom is -0.388 e. The molecule has 0 bridgehead atoms. The molecule has 3 heteroatoms. The summed E-state index contributed by atoms with van der Waals surface area (Å²) in [6, 6.07) is 8.14. The molecular formula is C19H33NO2. The monoisotopic (exact) mass is 307 g/mol. The van der Waals surface area contributed by atoms with Crippen LogP contribution in [0.4, 0.5) is 0 Å². The number of hydrogen-bond donors (Lipinski definition) is 2. The molecule has 0 aromatic heterocycles. The molecule has 1 aromatic rings. The Bertz CT molecular complexity index is 414. The second kappa shape index (κ2) is 9.98. The Kier molecular flexibility index (Phi) is 8.69. The van der Waals surface area contributed by atoms with E-state index < -0.39 is 6.10 Å². The SMILES string of the molecule is CCCC(C)(CCC)OCc1cccc([C@H](O)CCNC)c1. The summed E-state index contributed by atoms with van der Waals surface area (Å²) in [5, 5.41) is 13.3. The maximum Gasteiger partial charge on any atom is 0.0802 e. The molecule has 0 fully saturated rings. The lowest BCUT2D eigenvalue weighted by molar-refractivity contribution is -0.0555. The van der Waals surface area contributed by atoms with Gasteiger partial charge in [0, 0.05) is 0 Å². The first-order valence-corrected chi connectivity index (χ1v) is 8.60. The summed E-state index contributed by atoms with van der Waals surface area (Å²) in [5.41, 5.74) is 2.08. The van der Waals surface area contributed by atoms with E-state index in [0.717, 1.165) is 49.8 Å². The van der Waals surface area contributed by atoms with Gasteiger partial charge in [-0.05, 0) is 50.9 Å². The predicted molar refractivity (Wildman–Crippen MR) is 93.0 cm³/mol. The van der Waals surface area contributed by atoms with E-state index in [9.17, 15) is 5.11 Å². The molecule has 1 rings (SSSR count). The van der Waals surface area contributed by atoms with Crippen molar-refractivity contribution < 1.29 is 9.84 Å². The number of benzene rings is 1. The average Bonchev–Trinajstić information content (AvgIpc) is 2.51. The highest BCUT2D eigenvalue weighted by molar-refractivity contribution is 5.24. The van der Waals surface area contributed by atoms with Crippen molar-refractivity contribution in [3.63, 3.8) is 0 Å². The molecule has 0 aliphatic rings. The van der Waals surface area contributed by atoms with E-state index >= 15 is 0 Å². The van der Waals surface area contributed by atoms with E-state index in [2.05, 4.69) is 38.2 Å². The molecule has 126 valence electrons. The van der Waals surface area contributed by atoms with Crippen LogP contribution in [0.15, 0.2) is 24.3 Å². The molecule has 3 nitrogen and oxygen atoms in total. The largest absolute Gasteiger partial charge is 0.388 e. The maximum absolute atomic E-state index is 10.2. The number of nitrogens with one attached hydrogen (secondary N) is 1. The Morgan fingerprint density at radius 2 is 1.91 bits per heavy atom. The van der Waals surface area contributed by atoms with Crippen LogP contribution in [0.3, 0.4) is 0 Å². The predicted octanol–water partition coefficient (Wildman–Crippen LogP) is 4.21. The quantitative estimate of drug-likeness (QED) is 0.643. The van der Waals surface area contributed by atoms with Gasteiger partial charge in [-0.25, -0.2) is 0 Å². The van der Waals surface area contributed by atoms with Gasteiger partial charge < -0.3 is 15.2 Å². The third kappa shape index (κ3) is 6.47. The minimum absolute atomic E-state index is 0.0374. The normalized spacial score (nSPS) is 13.3. The molecule has 0 aliphatic heterocycles. The lowest BCUT2D eigenvalue weighted by Gasteiger charge is -2.29. The van der Waals surface area contributed by atoms with Gasteiger partial charge in [-0.1, -0.05) is 51.0 Å². The molecule has 0 amide bonds. The smallest absolute Gasteiger partial charge is 0.0802 e. The lowest BCUT2D eigenvalue weighted by atomic mass is 9.94. The van der Waals surface area contributed by atoms with Gasteiger partial charge in [-0.15, -0.1) is 0 Å². The van der Waals surface area contributed by atoms with Crippen molar-refractivity contribution in [2.24, 2.45) is 0 Å². The van der Waals surface area contributed by atoms with Crippen LogP contribution in [0.2, 0.25) is 0 Å². The van der Waals surface area contributed by atoms with Gasteiger partial charge in [0.2, 0.25) is 0 Å². The molecular weight excluding hydrogens is 274 g/mol. The first-order valence-electron chi connectivity index (χ1n) is 8.60. The summed E-state index contributed by atoms with van der Waals surface area (Å²) in [4.78, 5) is 0. The van der Waals surface area contributed by atoms with Crippen molar-refractivity contribution >= 4 is 0 Å². The van der Waals surface area contributed by atoms with Gasteiger partial charge in [-0.3, -0.25) is 0 Å². The van der Waals surface area contributed by atoms with Crippen LogP contribution in [-0.2, 0) is 11.3 Å². The van der Waals surface area contributed by atoms with E-state index in [0.29, 0.717) is 6.61 Å². The molecule has 2 N–H and O–H groups in total. The topological polar surface area (TPSA) is 41.5 Å². The Hall–Kier alpha value is -0.900. The molecule has 0 aliphatic carbocycles. The van der Waals surface area contributed by atoms with E-state index in [1.807, 2.05) is 19.2 Å². The molecule has 0 spiro atoms. The fourth-order valence-electron chi connectivity index (χ4n) is 2.92. The van der Waals surface area contributed by atoms with Crippen molar-refractivity contribution in [2.75, 3.05) is 13.6 Å². The molecule has 0 heterocycles. The number of rotatable bonds is 11. The second-order valence-electron chi connectivity index (χ2n) is 6.39. The van der Waals surface area contributed by atoms with E-state index in [1.165, 1.54) is 0 Å². The summed E-state index contributed by atoms with van der Waals surface area (Å²) in [5.74, 6) is 0. The van der Waals surface area contributed by atoms with Crippen LogP contribution >= 0.6 is 0 Å². The first kappa shape index (κ1) is 19.1. The molecule has 0 radical (unpaired) electrons. The van der Waals surface area contributed by atoms with Crippen LogP contribution in [0.1, 0.15) is 70.1 Å². The first-order chi connectivity index (χ1) is 10.5. The third-order valence-corrected chi connectivity index (χ3v) is 4.15. The Balaban J connectivity index is 2.65. The zero-order valence-electron chi connectivity index (χ0n) is 14.7. The van der Waals surface area contributed by atoms with Crippen LogP contribution in [0, 0.1) is 0 Å². The van der Waals surface area contributed by atoms with E-state index in [4.69, 9.17) is 4.74 Å². The molecule has 1 atom stereocenters. The molecule has 0 saturated carbocycles. The standard InChI is InChI=1S/C19H33NO2/c1-5-11-19(3,12-6-2)22-15-16-8-7-9-17(14-16)18(21)10-13-20-4/h7-9,14,18,20-21H,5-6,10-13,15H2,1-4H3/t18-/m1/s1. The van der Waals surface area contributed by atoms with Crippen LogP contribution < -0.4 is 5.32 Å². The second-order valence-corrected chi connectivity index (χ2v) is 6.39. The number of aliphatic hydroxyl groups excluding tert-OH is 1. The van der Waals surface area contributed by atoms with Crippen molar-refractivity contribution in [2.45, 2.75) is 71.2 Å². The van der Waals surface area contributed by atoms with Gasteiger partial charge >= 0.3 is 0 Å². The highest BCUT2D eigenvalue weighted by atomic mass is 16.5. The summed E-state index contributed by atoms with van der Waals surface area (Å²) < 4.78 is 6.22. The summed E-state index contributed by atoms with van der Waals surface area (Å²) in [6.07, 6.45) is 4.77. The zero-order chi connectivity index (χ0) is 16.4. The molecule has 0 saturated heterocycles. The van der Waals surface area contributed by atoms with E-state index in [1.54, 1.807) is 0 Å². The minimum atomic E-state index is -0.412. The summed E-state index contributed by atoms with van der Waals surface area (Å²) in [6.45, 7) is 8.05. The maximum atomic E-state index is 10.2. The van der Waals surface area contributed by atoms with Crippen LogP contribution in [0.5, 0.6) is 0 Å². The van der Waals surface area contributed by atoms with Crippen molar-refractivity contribution in [1.82, 2.24) is 5.32 Å².